The molecular formula is C19H22N6. The number of aryl methyl sites for hydroxylation is 1. The zero-order chi connectivity index (χ0) is 17.1. The molecule has 0 bridgehead atoms. The first-order chi connectivity index (χ1) is 12.3. The highest BCUT2D eigenvalue weighted by molar-refractivity contribution is 5.42. The lowest BCUT2D eigenvalue weighted by atomic mass is 10.1. The van der Waals surface area contributed by atoms with Crippen LogP contribution in [0.4, 0.5) is 5.82 Å². The van der Waals surface area contributed by atoms with Gasteiger partial charge in [0.15, 0.2) is 0 Å². The maximum atomic E-state index is 4.48. The van der Waals surface area contributed by atoms with Crippen LogP contribution in [0.25, 0.3) is 5.69 Å². The standard InChI is InChI=1S/C19H22N6/c1-16-19(21-9-8-20-16)24-13-11-23(12-14-24)15-17-3-5-18(6-4-17)25-10-2-7-22-25/h2-10H,11-15H2,1H3. The minimum Gasteiger partial charge on any atom is -0.353 e. The molecule has 6 heteroatoms. The Kier molecular flexibility index (Phi) is 4.43. The van der Waals surface area contributed by atoms with Gasteiger partial charge in [0.1, 0.15) is 5.82 Å². The Hall–Kier alpha value is -2.73. The average molecular weight is 334 g/mol. The topological polar surface area (TPSA) is 50.1 Å². The summed E-state index contributed by atoms with van der Waals surface area (Å²) in [6.07, 6.45) is 7.28. The van der Waals surface area contributed by atoms with Crippen molar-refractivity contribution in [2.24, 2.45) is 0 Å². The molecule has 3 aromatic rings. The molecule has 1 aliphatic heterocycles. The van der Waals surface area contributed by atoms with Gasteiger partial charge in [0.05, 0.1) is 11.4 Å². The summed E-state index contributed by atoms with van der Waals surface area (Å²) in [4.78, 5) is 13.7. The molecule has 0 amide bonds. The molecule has 1 saturated heterocycles. The monoisotopic (exact) mass is 334 g/mol. The van der Waals surface area contributed by atoms with Crippen molar-refractivity contribution < 1.29 is 0 Å². The highest BCUT2D eigenvalue weighted by atomic mass is 15.3. The van der Waals surface area contributed by atoms with Crippen LogP contribution in [0.3, 0.4) is 0 Å². The summed E-state index contributed by atoms with van der Waals surface area (Å²) in [6, 6.07) is 10.6. The van der Waals surface area contributed by atoms with Crippen LogP contribution in [-0.2, 0) is 6.54 Å². The smallest absolute Gasteiger partial charge is 0.150 e. The van der Waals surface area contributed by atoms with E-state index >= 15 is 0 Å². The Bertz CT molecular complexity index is 804. The minimum atomic E-state index is 0.979. The minimum absolute atomic E-state index is 0.979. The van der Waals surface area contributed by atoms with E-state index in [1.165, 1.54) is 5.56 Å². The molecule has 0 atom stereocenters. The fourth-order valence-electron chi connectivity index (χ4n) is 3.26. The first kappa shape index (κ1) is 15.8. The summed E-state index contributed by atoms with van der Waals surface area (Å²) >= 11 is 0. The molecule has 0 aliphatic carbocycles. The van der Waals surface area contributed by atoms with Gasteiger partial charge in [-0.2, -0.15) is 5.10 Å². The highest BCUT2D eigenvalue weighted by Crippen LogP contribution is 2.17. The predicted octanol–water partition coefficient (Wildman–Crippen LogP) is 2.29. The number of anilines is 1. The van der Waals surface area contributed by atoms with Crippen molar-refractivity contribution >= 4 is 5.82 Å². The summed E-state index contributed by atoms with van der Waals surface area (Å²) in [7, 11) is 0. The predicted molar refractivity (Wildman–Crippen MR) is 97.8 cm³/mol. The second-order valence-corrected chi connectivity index (χ2v) is 6.35. The van der Waals surface area contributed by atoms with Crippen LogP contribution >= 0.6 is 0 Å². The van der Waals surface area contributed by atoms with E-state index < -0.39 is 0 Å². The molecular weight excluding hydrogens is 312 g/mol. The van der Waals surface area contributed by atoms with E-state index in [4.69, 9.17) is 0 Å². The zero-order valence-electron chi connectivity index (χ0n) is 14.4. The number of piperazine rings is 1. The van der Waals surface area contributed by atoms with Crippen molar-refractivity contribution in [3.05, 3.63) is 66.4 Å². The molecule has 3 heterocycles. The highest BCUT2D eigenvalue weighted by Gasteiger charge is 2.19. The molecule has 0 spiro atoms. The van der Waals surface area contributed by atoms with Crippen molar-refractivity contribution in [1.29, 1.82) is 0 Å². The van der Waals surface area contributed by atoms with Crippen molar-refractivity contribution in [1.82, 2.24) is 24.6 Å². The van der Waals surface area contributed by atoms with Crippen molar-refractivity contribution in [3.63, 3.8) is 0 Å². The Labute approximate surface area is 147 Å². The number of rotatable bonds is 4. The molecule has 128 valence electrons. The third kappa shape index (κ3) is 3.53. The van der Waals surface area contributed by atoms with Crippen LogP contribution in [0.2, 0.25) is 0 Å². The van der Waals surface area contributed by atoms with Gasteiger partial charge in [0, 0.05) is 57.5 Å². The molecule has 0 radical (unpaired) electrons. The zero-order valence-corrected chi connectivity index (χ0v) is 14.4. The van der Waals surface area contributed by atoms with E-state index in [2.05, 4.69) is 49.1 Å². The fourth-order valence-corrected chi connectivity index (χ4v) is 3.26. The molecule has 6 nitrogen and oxygen atoms in total. The normalized spacial score (nSPS) is 15.5. The Morgan fingerprint density at radius 2 is 1.68 bits per heavy atom. The molecule has 25 heavy (non-hydrogen) atoms. The van der Waals surface area contributed by atoms with Gasteiger partial charge in [-0.15, -0.1) is 0 Å². The fraction of sp³-hybridized carbons (Fsp3) is 0.316. The number of hydrogen-bond acceptors (Lipinski definition) is 5. The lowest BCUT2D eigenvalue weighted by Gasteiger charge is -2.35. The molecule has 0 N–H and O–H groups in total. The van der Waals surface area contributed by atoms with Crippen LogP contribution < -0.4 is 4.90 Å². The van der Waals surface area contributed by atoms with Crippen molar-refractivity contribution in [3.8, 4) is 5.69 Å². The Morgan fingerprint density at radius 1 is 0.920 bits per heavy atom. The summed E-state index contributed by atoms with van der Waals surface area (Å²) in [5.74, 6) is 1.02. The van der Waals surface area contributed by atoms with Crippen LogP contribution in [0.5, 0.6) is 0 Å². The van der Waals surface area contributed by atoms with Crippen molar-refractivity contribution in [2.75, 3.05) is 31.1 Å². The van der Waals surface area contributed by atoms with Crippen LogP contribution in [0, 0.1) is 6.92 Å². The first-order valence-corrected chi connectivity index (χ1v) is 8.63. The molecule has 0 saturated carbocycles. The lowest BCUT2D eigenvalue weighted by molar-refractivity contribution is 0.249. The largest absolute Gasteiger partial charge is 0.353 e. The maximum Gasteiger partial charge on any atom is 0.150 e. The Balaban J connectivity index is 1.35. The van der Waals surface area contributed by atoms with E-state index in [0.717, 1.165) is 49.9 Å². The van der Waals surface area contributed by atoms with E-state index in [0.29, 0.717) is 0 Å². The lowest BCUT2D eigenvalue weighted by Crippen LogP contribution is -2.46. The van der Waals surface area contributed by atoms with Gasteiger partial charge in [-0.05, 0) is 30.7 Å². The summed E-state index contributed by atoms with van der Waals surface area (Å²) in [5.41, 5.74) is 3.43. The second-order valence-electron chi connectivity index (χ2n) is 6.35. The van der Waals surface area contributed by atoms with Gasteiger partial charge in [0.25, 0.3) is 0 Å². The van der Waals surface area contributed by atoms with E-state index in [1.807, 2.05) is 23.9 Å². The average Bonchev–Trinajstić information content (AvgIpc) is 3.18. The number of hydrogen-bond donors (Lipinski definition) is 0. The maximum absolute atomic E-state index is 4.48. The van der Waals surface area contributed by atoms with Gasteiger partial charge in [-0.25, -0.2) is 9.67 Å². The molecule has 2 aromatic heterocycles. The summed E-state index contributed by atoms with van der Waals surface area (Å²) in [6.45, 7) is 7.06. The number of benzene rings is 1. The molecule has 1 aliphatic rings. The third-order valence-corrected chi connectivity index (χ3v) is 4.64. The molecule has 0 unspecified atom stereocenters. The third-order valence-electron chi connectivity index (χ3n) is 4.64. The summed E-state index contributed by atoms with van der Waals surface area (Å²) in [5, 5.41) is 4.27. The van der Waals surface area contributed by atoms with Gasteiger partial charge in [0.2, 0.25) is 0 Å². The van der Waals surface area contributed by atoms with Gasteiger partial charge in [-0.1, -0.05) is 12.1 Å². The van der Waals surface area contributed by atoms with Crippen molar-refractivity contribution in [2.45, 2.75) is 13.5 Å². The SMILES string of the molecule is Cc1nccnc1N1CCN(Cc2ccc(-n3cccn3)cc2)CC1. The van der Waals surface area contributed by atoms with Gasteiger partial charge < -0.3 is 4.90 Å². The summed E-state index contributed by atoms with van der Waals surface area (Å²) < 4.78 is 1.88. The van der Waals surface area contributed by atoms with E-state index in [-0.39, 0.29) is 0 Å². The Morgan fingerprint density at radius 3 is 2.36 bits per heavy atom. The van der Waals surface area contributed by atoms with Gasteiger partial charge >= 0.3 is 0 Å². The van der Waals surface area contributed by atoms with Crippen LogP contribution in [0.1, 0.15) is 11.3 Å². The second kappa shape index (κ2) is 7.03. The molecule has 4 rings (SSSR count). The van der Waals surface area contributed by atoms with Crippen LogP contribution in [0.15, 0.2) is 55.1 Å². The molecule has 1 aromatic carbocycles. The van der Waals surface area contributed by atoms with Gasteiger partial charge in [-0.3, -0.25) is 9.88 Å². The molecule has 1 fully saturated rings. The van der Waals surface area contributed by atoms with E-state index in [9.17, 15) is 0 Å². The first-order valence-electron chi connectivity index (χ1n) is 8.63. The number of aromatic nitrogens is 4. The van der Waals surface area contributed by atoms with Crippen LogP contribution in [-0.4, -0.2) is 50.8 Å². The van der Waals surface area contributed by atoms with E-state index in [1.54, 1.807) is 18.6 Å². The number of nitrogens with zero attached hydrogens (tertiary/aromatic N) is 6. The quantitative estimate of drug-likeness (QED) is 0.733.